The zero-order valence-electron chi connectivity index (χ0n) is 18.0. The maximum atomic E-state index is 6.72. The van der Waals surface area contributed by atoms with Crippen molar-refractivity contribution in [3.63, 3.8) is 0 Å². The van der Waals surface area contributed by atoms with E-state index in [1.54, 1.807) is 0 Å². The van der Waals surface area contributed by atoms with Crippen molar-refractivity contribution in [1.29, 1.82) is 0 Å². The van der Waals surface area contributed by atoms with E-state index >= 15 is 0 Å². The zero-order chi connectivity index (χ0) is 20.3. The van der Waals surface area contributed by atoms with Gasteiger partial charge in [0.2, 0.25) is 0 Å². The number of hydrogen-bond donors (Lipinski definition) is 0. The molecule has 2 nitrogen and oxygen atoms in total. The second kappa shape index (κ2) is 5.54. The minimum absolute atomic E-state index is 0.280. The Morgan fingerprint density at radius 2 is 1.42 bits per heavy atom. The topological polar surface area (TPSA) is 18.1 Å². The molecule has 0 saturated heterocycles. The Morgan fingerprint density at radius 3 is 2.16 bits per heavy atom. The van der Waals surface area contributed by atoms with Gasteiger partial charge in [0.05, 0.1) is 5.52 Å². The van der Waals surface area contributed by atoms with Crippen LogP contribution in [0.25, 0.3) is 43.7 Å². The van der Waals surface area contributed by atoms with Gasteiger partial charge in [-0.2, -0.15) is 0 Å². The third-order valence-electron chi connectivity index (χ3n) is 9.10. The fraction of sp³-hybridized carbons (Fsp3) is 0.379. The van der Waals surface area contributed by atoms with Gasteiger partial charge >= 0.3 is 0 Å². The van der Waals surface area contributed by atoms with Gasteiger partial charge in [-0.3, -0.25) is 0 Å². The summed E-state index contributed by atoms with van der Waals surface area (Å²) in [5, 5.41) is 5.35. The van der Waals surface area contributed by atoms with E-state index in [0.717, 1.165) is 23.3 Å². The highest BCUT2D eigenvalue weighted by Crippen LogP contribution is 2.63. The molecule has 0 amide bonds. The second-order valence-electron chi connectivity index (χ2n) is 10.9. The van der Waals surface area contributed by atoms with E-state index in [1.165, 1.54) is 82.2 Å². The average molecular weight is 406 g/mol. The van der Waals surface area contributed by atoms with E-state index in [2.05, 4.69) is 66.2 Å². The molecule has 0 unspecified atom stereocenters. The molecular formula is C29H27NO. The van der Waals surface area contributed by atoms with Crippen LogP contribution in [-0.4, -0.2) is 4.57 Å². The number of furan rings is 1. The number of fused-ring (bicyclic) bond motifs is 6. The summed E-state index contributed by atoms with van der Waals surface area (Å²) in [6.07, 6.45) is 8.46. The van der Waals surface area contributed by atoms with Crippen LogP contribution in [0.2, 0.25) is 0 Å². The van der Waals surface area contributed by atoms with Crippen LogP contribution in [0, 0.1) is 17.8 Å². The first-order valence-corrected chi connectivity index (χ1v) is 12.0. The minimum atomic E-state index is 0.280. The number of rotatable bonds is 1. The van der Waals surface area contributed by atoms with E-state index < -0.39 is 0 Å². The third-order valence-corrected chi connectivity index (χ3v) is 9.10. The molecule has 4 aliphatic carbocycles. The van der Waals surface area contributed by atoms with Crippen LogP contribution in [0.4, 0.5) is 0 Å². The maximum absolute atomic E-state index is 6.72. The SMILES string of the molecule is Cn1c2ccccc2c2cc3c(oc4ccccc43)c(C34CC5CC(CC(C5)C3)C4)c21. The molecule has 31 heavy (non-hydrogen) atoms. The maximum Gasteiger partial charge on any atom is 0.141 e. The van der Waals surface area contributed by atoms with Crippen molar-refractivity contribution in [3.05, 3.63) is 60.2 Å². The average Bonchev–Trinajstić information content (AvgIpc) is 3.27. The third kappa shape index (κ3) is 2.04. The number of para-hydroxylation sites is 2. The van der Waals surface area contributed by atoms with E-state index in [9.17, 15) is 0 Å². The van der Waals surface area contributed by atoms with Crippen molar-refractivity contribution in [2.45, 2.75) is 43.9 Å². The molecule has 4 fully saturated rings. The van der Waals surface area contributed by atoms with Gasteiger partial charge < -0.3 is 8.98 Å². The molecule has 0 radical (unpaired) electrons. The number of hydrogen-bond acceptors (Lipinski definition) is 1. The Hall–Kier alpha value is -2.74. The monoisotopic (exact) mass is 405 g/mol. The van der Waals surface area contributed by atoms with E-state index in [-0.39, 0.29) is 5.41 Å². The summed E-state index contributed by atoms with van der Waals surface area (Å²) in [5.41, 5.74) is 6.77. The highest BCUT2D eigenvalue weighted by atomic mass is 16.3. The largest absolute Gasteiger partial charge is 0.456 e. The lowest BCUT2D eigenvalue weighted by Gasteiger charge is -2.57. The standard InChI is InChI=1S/C29H27NO/c1-30-24-8-4-2-6-20(24)22-13-23-21-7-3-5-9-25(21)31-28(23)26(27(22)30)29-14-17-10-18(15-29)12-19(11-17)16-29/h2-9,13,17-19H,10-12,14-16H2,1H3. The predicted molar refractivity (Wildman–Crippen MR) is 128 cm³/mol. The quantitative estimate of drug-likeness (QED) is 0.279. The first kappa shape index (κ1) is 16.9. The highest BCUT2D eigenvalue weighted by molar-refractivity contribution is 6.18. The molecule has 3 aromatic carbocycles. The fourth-order valence-corrected chi connectivity index (χ4v) is 8.43. The Kier molecular flexibility index (Phi) is 3.02. The van der Waals surface area contributed by atoms with E-state index in [0.29, 0.717) is 0 Å². The molecule has 0 aliphatic heterocycles. The van der Waals surface area contributed by atoms with Crippen molar-refractivity contribution < 1.29 is 4.42 Å². The molecule has 4 aliphatic rings. The summed E-state index contributed by atoms with van der Waals surface area (Å²) in [4.78, 5) is 0. The van der Waals surface area contributed by atoms with Crippen LogP contribution in [0.1, 0.15) is 44.1 Å². The molecule has 0 atom stereocenters. The molecule has 2 heterocycles. The smallest absolute Gasteiger partial charge is 0.141 e. The molecule has 2 aromatic heterocycles. The van der Waals surface area contributed by atoms with Crippen LogP contribution >= 0.6 is 0 Å². The first-order chi connectivity index (χ1) is 15.2. The lowest BCUT2D eigenvalue weighted by Crippen LogP contribution is -2.48. The van der Waals surface area contributed by atoms with Gasteiger partial charge in [0.15, 0.2) is 0 Å². The molecular weight excluding hydrogens is 378 g/mol. The minimum Gasteiger partial charge on any atom is -0.456 e. The Labute approximate surface area is 181 Å². The lowest BCUT2D eigenvalue weighted by molar-refractivity contribution is -0.00430. The van der Waals surface area contributed by atoms with E-state index in [1.807, 2.05) is 0 Å². The summed E-state index contributed by atoms with van der Waals surface area (Å²) >= 11 is 0. The van der Waals surface area contributed by atoms with Gasteiger partial charge in [-0.1, -0.05) is 36.4 Å². The zero-order valence-corrected chi connectivity index (χ0v) is 18.0. The summed E-state index contributed by atoms with van der Waals surface area (Å²) in [6, 6.07) is 20.0. The number of aryl methyl sites for hydroxylation is 1. The molecule has 5 aromatic rings. The summed E-state index contributed by atoms with van der Waals surface area (Å²) in [5.74, 6) is 2.74. The molecule has 0 N–H and O–H groups in total. The number of benzene rings is 3. The van der Waals surface area contributed by atoms with Crippen LogP contribution in [0.5, 0.6) is 0 Å². The predicted octanol–water partition coefficient (Wildman–Crippen LogP) is 7.70. The normalized spacial score (nSPS) is 29.8. The Morgan fingerprint density at radius 1 is 0.774 bits per heavy atom. The summed E-state index contributed by atoms with van der Waals surface area (Å²) in [6.45, 7) is 0. The Balaban J connectivity index is 1.59. The molecule has 154 valence electrons. The summed E-state index contributed by atoms with van der Waals surface area (Å²) in [7, 11) is 2.27. The van der Waals surface area contributed by atoms with Crippen LogP contribution in [0.15, 0.2) is 59.0 Å². The van der Waals surface area contributed by atoms with E-state index in [4.69, 9.17) is 4.42 Å². The molecule has 4 saturated carbocycles. The van der Waals surface area contributed by atoms with Gasteiger partial charge in [0.1, 0.15) is 11.2 Å². The van der Waals surface area contributed by atoms with Gasteiger partial charge in [0.25, 0.3) is 0 Å². The van der Waals surface area contributed by atoms with Crippen LogP contribution in [-0.2, 0) is 12.5 Å². The lowest BCUT2D eigenvalue weighted by atomic mass is 9.48. The molecule has 2 heteroatoms. The van der Waals surface area contributed by atoms with Crippen LogP contribution in [0.3, 0.4) is 0 Å². The highest BCUT2D eigenvalue weighted by Gasteiger charge is 2.53. The van der Waals surface area contributed by atoms with Crippen LogP contribution < -0.4 is 0 Å². The molecule has 4 bridgehead atoms. The van der Waals surface area contributed by atoms with Gasteiger partial charge in [-0.05, 0) is 74.5 Å². The van der Waals surface area contributed by atoms with Crippen molar-refractivity contribution in [3.8, 4) is 0 Å². The molecule has 0 spiro atoms. The van der Waals surface area contributed by atoms with Gasteiger partial charge in [-0.15, -0.1) is 0 Å². The number of nitrogens with zero attached hydrogens (tertiary/aromatic N) is 1. The van der Waals surface area contributed by atoms with Crippen molar-refractivity contribution >= 4 is 43.7 Å². The fourth-order valence-electron chi connectivity index (χ4n) is 8.43. The van der Waals surface area contributed by atoms with Crippen molar-refractivity contribution in [1.82, 2.24) is 4.57 Å². The number of aromatic nitrogens is 1. The molecule has 9 rings (SSSR count). The van der Waals surface area contributed by atoms with Crippen molar-refractivity contribution in [2.24, 2.45) is 24.8 Å². The Bertz CT molecular complexity index is 1500. The second-order valence-corrected chi connectivity index (χ2v) is 10.9. The van der Waals surface area contributed by atoms with Gasteiger partial charge in [0, 0.05) is 45.1 Å². The van der Waals surface area contributed by atoms with Gasteiger partial charge in [-0.25, -0.2) is 0 Å². The van der Waals surface area contributed by atoms with Crippen molar-refractivity contribution in [2.75, 3.05) is 0 Å². The summed E-state index contributed by atoms with van der Waals surface area (Å²) < 4.78 is 9.18. The first-order valence-electron chi connectivity index (χ1n) is 12.0.